The fraction of sp³-hybridized carbons (Fsp3) is 0.304. The average Bonchev–Trinajstić information content (AvgIpc) is 3.19. The van der Waals surface area contributed by atoms with E-state index in [1.807, 2.05) is 69.4 Å². The van der Waals surface area contributed by atoms with Crippen LogP contribution in [0.25, 0.3) is 5.69 Å². The summed E-state index contributed by atoms with van der Waals surface area (Å²) in [6.45, 7) is 3.73. The molecule has 1 amide bonds. The summed E-state index contributed by atoms with van der Waals surface area (Å²) in [4.78, 5) is 28.4. The molecule has 1 saturated heterocycles. The predicted molar refractivity (Wildman–Crippen MR) is 123 cm³/mol. The standard InChI is InChI=1S/C23H25N3O4S/c1-14-20(22(28)26(24(14)3)17-9-7-6-8-10-17)25-21(27)15(2)31-23(25)16-11-12-18(29-4)19(13-16)30-5/h6-13,15,23H,1-5H3/t15-,23+/m0/s1. The fourth-order valence-corrected chi connectivity index (χ4v) is 5.17. The minimum Gasteiger partial charge on any atom is -0.493 e. The summed E-state index contributed by atoms with van der Waals surface area (Å²) in [6.07, 6.45) is 0. The van der Waals surface area contributed by atoms with Gasteiger partial charge >= 0.3 is 0 Å². The molecule has 7 nitrogen and oxygen atoms in total. The number of para-hydroxylation sites is 1. The number of hydrogen-bond donors (Lipinski definition) is 0. The van der Waals surface area contributed by atoms with Crippen LogP contribution in [0.1, 0.15) is 23.6 Å². The molecule has 2 atom stereocenters. The number of benzene rings is 2. The number of hydrogen-bond acceptors (Lipinski definition) is 5. The Labute approximate surface area is 185 Å². The third-order valence-corrected chi connectivity index (χ3v) is 6.96. The molecule has 162 valence electrons. The lowest BCUT2D eigenvalue weighted by Gasteiger charge is -2.23. The van der Waals surface area contributed by atoms with Crippen molar-refractivity contribution in [2.75, 3.05) is 19.1 Å². The van der Waals surface area contributed by atoms with Crippen molar-refractivity contribution in [3.05, 3.63) is 70.1 Å². The number of rotatable bonds is 5. The largest absolute Gasteiger partial charge is 0.493 e. The van der Waals surface area contributed by atoms with Crippen LogP contribution < -0.4 is 19.9 Å². The molecule has 8 heteroatoms. The van der Waals surface area contributed by atoms with Gasteiger partial charge in [-0.1, -0.05) is 24.3 Å². The maximum atomic E-state index is 13.5. The van der Waals surface area contributed by atoms with E-state index in [4.69, 9.17) is 9.47 Å². The van der Waals surface area contributed by atoms with Gasteiger partial charge in [-0.3, -0.25) is 19.2 Å². The number of nitrogens with zero attached hydrogens (tertiary/aromatic N) is 3. The second-order valence-electron chi connectivity index (χ2n) is 7.36. The molecule has 0 unspecified atom stereocenters. The summed E-state index contributed by atoms with van der Waals surface area (Å²) < 4.78 is 14.2. The lowest BCUT2D eigenvalue weighted by molar-refractivity contribution is -0.117. The van der Waals surface area contributed by atoms with E-state index in [2.05, 4.69) is 0 Å². The molecule has 2 heterocycles. The van der Waals surface area contributed by atoms with Gasteiger partial charge in [0.1, 0.15) is 11.1 Å². The van der Waals surface area contributed by atoms with E-state index in [9.17, 15) is 9.59 Å². The Kier molecular flexibility index (Phi) is 5.58. The first-order valence-corrected chi connectivity index (χ1v) is 10.9. The zero-order chi connectivity index (χ0) is 22.3. The van der Waals surface area contributed by atoms with Gasteiger partial charge in [0, 0.05) is 7.05 Å². The Balaban J connectivity index is 1.87. The van der Waals surface area contributed by atoms with Crippen molar-refractivity contribution in [1.29, 1.82) is 0 Å². The summed E-state index contributed by atoms with van der Waals surface area (Å²) in [5.41, 5.74) is 2.52. The van der Waals surface area contributed by atoms with Crippen molar-refractivity contribution in [2.24, 2.45) is 7.05 Å². The highest BCUT2D eigenvalue weighted by Crippen LogP contribution is 2.47. The molecule has 1 fully saturated rings. The number of aromatic nitrogens is 2. The molecule has 1 aromatic heterocycles. The van der Waals surface area contributed by atoms with Gasteiger partial charge in [0.15, 0.2) is 11.5 Å². The second kappa shape index (κ2) is 8.19. The Morgan fingerprint density at radius 2 is 1.65 bits per heavy atom. The lowest BCUT2D eigenvalue weighted by atomic mass is 10.1. The molecular formula is C23H25N3O4S. The fourth-order valence-electron chi connectivity index (χ4n) is 3.92. The van der Waals surface area contributed by atoms with Crippen molar-refractivity contribution in [3.8, 4) is 17.2 Å². The van der Waals surface area contributed by atoms with Crippen molar-refractivity contribution in [3.63, 3.8) is 0 Å². The van der Waals surface area contributed by atoms with Crippen LogP contribution in [-0.2, 0) is 11.8 Å². The van der Waals surface area contributed by atoms with Gasteiger partial charge in [-0.25, -0.2) is 4.68 Å². The van der Waals surface area contributed by atoms with Gasteiger partial charge < -0.3 is 9.47 Å². The van der Waals surface area contributed by atoms with Gasteiger partial charge in [0.2, 0.25) is 5.91 Å². The van der Waals surface area contributed by atoms with Crippen LogP contribution in [0.4, 0.5) is 5.69 Å². The number of carbonyl (C=O) groups excluding carboxylic acids is 1. The molecule has 0 bridgehead atoms. The molecule has 4 rings (SSSR count). The number of methoxy groups -OCH3 is 2. The molecule has 1 aliphatic rings. The van der Waals surface area contributed by atoms with Crippen LogP contribution in [0.5, 0.6) is 11.5 Å². The van der Waals surface area contributed by atoms with E-state index < -0.39 is 0 Å². The Hall–Kier alpha value is -3.13. The van der Waals surface area contributed by atoms with E-state index in [0.29, 0.717) is 17.2 Å². The van der Waals surface area contributed by atoms with Gasteiger partial charge in [0.25, 0.3) is 5.56 Å². The third-order valence-electron chi connectivity index (χ3n) is 5.61. The van der Waals surface area contributed by atoms with Crippen LogP contribution in [0, 0.1) is 6.92 Å². The Bertz CT molecular complexity index is 1190. The molecule has 0 spiro atoms. The quantitative estimate of drug-likeness (QED) is 0.607. The van der Waals surface area contributed by atoms with Crippen LogP contribution >= 0.6 is 11.8 Å². The number of anilines is 1. The average molecular weight is 440 g/mol. The first-order valence-electron chi connectivity index (χ1n) is 9.93. The number of carbonyl (C=O) groups is 1. The smallest absolute Gasteiger partial charge is 0.295 e. The van der Waals surface area contributed by atoms with Crippen LogP contribution in [-0.4, -0.2) is 34.7 Å². The monoisotopic (exact) mass is 439 g/mol. The van der Waals surface area contributed by atoms with Crippen molar-refractivity contribution < 1.29 is 14.3 Å². The van der Waals surface area contributed by atoms with Crippen molar-refractivity contribution in [1.82, 2.24) is 9.36 Å². The second-order valence-corrected chi connectivity index (χ2v) is 8.79. The van der Waals surface area contributed by atoms with Crippen LogP contribution in [0.2, 0.25) is 0 Å². The van der Waals surface area contributed by atoms with E-state index in [-0.39, 0.29) is 22.1 Å². The minimum absolute atomic E-state index is 0.0872. The van der Waals surface area contributed by atoms with Crippen LogP contribution in [0.15, 0.2) is 53.3 Å². The number of ether oxygens (including phenoxy) is 2. The summed E-state index contributed by atoms with van der Waals surface area (Å²) in [5, 5.41) is -0.623. The van der Waals surface area contributed by atoms with E-state index in [0.717, 1.165) is 16.9 Å². The first kappa shape index (κ1) is 21.1. The Morgan fingerprint density at radius 1 is 0.968 bits per heavy atom. The SMILES string of the molecule is COc1ccc([C@H]2S[C@@H](C)C(=O)N2c2c(C)n(C)n(-c3ccccc3)c2=O)cc1OC. The molecule has 3 aromatic rings. The minimum atomic E-state index is -0.347. The van der Waals surface area contributed by atoms with E-state index in [1.54, 1.807) is 28.5 Å². The van der Waals surface area contributed by atoms with Crippen molar-refractivity contribution in [2.45, 2.75) is 24.5 Å². The summed E-state index contributed by atoms with van der Waals surface area (Å²) in [6, 6.07) is 15.0. The first-order chi connectivity index (χ1) is 14.9. The lowest BCUT2D eigenvalue weighted by Crippen LogP contribution is -2.34. The van der Waals surface area contributed by atoms with Gasteiger partial charge in [0.05, 0.1) is 30.9 Å². The highest BCUT2D eigenvalue weighted by atomic mass is 32.2. The zero-order valence-electron chi connectivity index (χ0n) is 18.2. The van der Waals surface area contributed by atoms with Gasteiger partial charge in [-0.15, -0.1) is 11.8 Å². The summed E-state index contributed by atoms with van der Waals surface area (Å²) >= 11 is 1.51. The maximum absolute atomic E-state index is 13.5. The number of amides is 1. The van der Waals surface area contributed by atoms with E-state index >= 15 is 0 Å². The van der Waals surface area contributed by atoms with Gasteiger partial charge in [-0.2, -0.15) is 0 Å². The molecule has 0 aliphatic carbocycles. The molecule has 1 aliphatic heterocycles. The maximum Gasteiger partial charge on any atom is 0.295 e. The van der Waals surface area contributed by atoms with Gasteiger partial charge in [-0.05, 0) is 43.7 Å². The van der Waals surface area contributed by atoms with Crippen LogP contribution in [0.3, 0.4) is 0 Å². The summed E-state index contributed by atoms with van der Waals surface area (Å²) in [5.74, 6) is 1.11. The molecule has 2 aromatic carbocycles. The normalized spacial score (nSPS) is 18.5. The van der Waals surface area contributed by atoms with Crippen molar-refractivity contribution >= 4 is 23.4 Å². The Morgan fingerprint density at radius 3 is 2.29 bits per heavy atom. The molecule has 0 N–H and O–H groups in total. The molecule has 31 heavy (non-hydrogen) atoms. The highest BCUT2D eigenvalue weighted by molar-refractivity contribution is 8.01. The summed E-state index contributed by atoms with van der Waals surface area (Å²) in [7, 11) is 4.99. The topological polar surface area (TPSA) is 65.7 Å². The number of thioether (sulfide) groups is 1. The zero-order valence-corrected chi connectivity index (χ0v) is 19.0. The molecule has 0 radical (unpaired) electrons. The molecular weight excluding hydrogens is 414 g/mol. The molecule has 0 saturated carbocycles. The highest BCUT2D eigenvalue weighted by Gasteiger charge is 2.42. The predicted octanol–water partition coefficient (Wildman–Crippen LogP) is 3.67. The third kappa shape index (κ3) is 3.40. The van der Waals surface area contributed by atoms with E-state index in [1.165, 1.54) is 11.8 Å².